The lowest BCUT2D eigenvalue weighted by Crippen LogP contribution is -2.29. The molecule has 4 rings (SSSR count). The van der Waals surface area contributed by atoms with E-state index >= 15 is 0 Å². The number of benzene rings is 2. The van der Waals surface area contributed by atoms with Crippen molar-refractivity contribution in [2.45, 2.75) is 6.54 Å². The van der Waals surface area contributed by atoms with E-state index in [1.807, 2.05) is 0 Å². The smallest absolute Gasteiger partial charge is 0.261 e. The number of fused-ring (bicyclic) bond motifs is 1. The number of carbonyl (C=O) groups excluding carboxylic acids is 3. The molecule has 0 saturated carbocycles. The van der Waals surface area contributed by atoms with Crippen LogP contribution in [0, 0.1) is 0 Å². The number of amides is 3. The molecule has 29 heavy (non-hydrogen) atoms. The van der Waals surface area contributed by atoms with E-state index in [-0.39, 0.29) is 29.1 Å². The van der Waals surface area contributed by atoms with Crippen LogP contribution in [0.4, 0.5) is 5.69 Å². The molecule has 2 heterocycles. The van der Waals surface area contributed by atoms with E-state index in [0.29, 0.717) is 11.4 Å². The molecule has 3 aromatic rings. The van der Waals surface area contributed by atoms with Crippen LogP contribution in [0.3, 0.4) is 0 Å². The van der Waals surface area contributed by atoms with Crippen molar-refractivity contribution in [2.24, 2.45) is 0 Å². The van der Waals surface area contributed by atoms with E-state index < -0.39 is 11.8 Å². The molecule has 0 bridgehead atoms. The van der Waals surface area contributed by atoms with Gasteiger partial charge >= 0.3 is 0 Å². The number of nitrogens with one attached hydrogen (secondary N) is 1. The summed E-state index contributed by atoms with van der Waals surface area (Å²) < 4.78 is 5.23. The molecule has 2 aromatic carbocycles. The second kappa shape index (κ2) is 7.55. The molecule has 1 aliphatic heterocycles. The van der Waals surface area contributed by atoms with Crippen molar-refractivity contribution in [3.63, 3.8) is 0 Å². The van der Waals surface area contributed by atoms with Crippen LogP contribution < -0.4 is 10.1 Å². The molecule has 7 nitrogen and oxygen atoms in total. The van der Waals surface area contributed by atoms with Crippen LogP contribution >= 0.6 is 0 Å². The summed E-state index contributed by atoms with van der Waals surface area (Å²) in [6, 6.07) is 15.0. The normalized spacial score (nSPS) is 12.7. The second-order valence-electron chi connectivity index (χ2n) is 6.47. The van der Waals surface area contributed by atoms with Crippen LogP contribution in [-0.4, -0.2) is 34.7 Å². The number of hydrogen-bond acceptors (Lipinski definition) is 5. The summed E-state index contributed by atoms with van der Waals surface area (Å²) in [7, 11) is 1.52. The van der Waals surface area contributed by atoms with Crippen LogP contribution in [-0.2, 0) is 6.54 Å². The molecule has 1 aromatic heterocycles. The van der Waals surface area contributed by atoms with E-state index in [4.69, 9.17) is 4.74 Å². The molecular weight excluding hydrogens is 370 g/mol. The van der Waals surface area contributed by atoms with Crippen molar-refractivity contribution >= 4 is 23.4 Å². The number of para-hydroxylation sites is 2. The summed E-state index contributed by atoms with van der Waals surface area (Å²) in [6.07, 6.45) is 3.23. The topological polar surface area (TPSA) is 88.6 Å². The largest absolute Gasteiger partial charge is 0.495 e. The first-order valence-electron chi connectivity index (χ1n) is 8.92. The minimum Gasteiger partial charge on any atom is -0.495 e. The van der Waals surface area contributed by atoms with E-state index in [0.717, 1.165) is 10.5 Å². The fraction of sp³-hybridized carbons (Fsp3) is 0.0909. The molecular formula is C22H17N3O4. The zero-order valence-electron chi connectivity index (χ0n) is 15.6. The molecule has 0 atom stereocenters. The van der Waals surface area contributed by atoms with Gasteiger partial charge in [0.15, 0.2) is 0 Å². The van der Waals surface area contributed by atoms with Gasteiger partial charge in [-0.1, -0.05) is 18.2 Å². The average Bonchev–Trinajstić information content (AvgIpc) is 2.99. The molecule has 0 fully saturated rings. The monoisotopic (exact) mass is 387 g/mol. The van der Waals surface area contributed by atoms with Crippen molar-refractivity contribution < 1.29 is 19.1 Å². The fourth-order valence-corrected chi connectivity index (χ4v) is 3.19. The molecule has 3 amide bonds. The van der Waals surface area contributed by atoms with Crippen LogP contribution in [0.15, 0.2) is 67.0 Å². The molecule has 0 unspecified atom stereocenters. The molecule has 0 aliphatic carbocycles. The van der Waals surface area contributed by atoms with Crippen molar-refractivity contribution in [2.75, 3.05) is 12.4 Å². The number of imide groups is 1. The Morgan fingerprint density at radius 2 is 1.83 bits per heavy atom. The third-order valence-corrected chi connectivity index (χ3v) is 4.65. The Morgan fingerprint density at radius 3 is 2.59 bits per heavy atom. The summed E-state index contributed by atoms with van der Waals surface area (Å²) in [5.41, 5.74) is 2.04. The van der Waals surface area contributed by atoms with E-state index in [1.54, 1.807) is 48.8 Å². The molecule has 1 N–H and O–H groups in total. The van der Waals surface area contributed by atoms with Gasteiger partial charge in [0, 0.05) is 18.0 Å². The third kappa shape index (κ3) is 3.45. The van der Waals surface area contributed by atoms with E-state index in [9.17, 15) is 14.4 Å². The molecule has 0 spiro atoms. The number of aromatic nitrogens is 1. The quantitative estimate of drug-likeness (QED) is 0.680. The van der Waals surface area contributed by atoms with E-state index in [2.05, 4.69) is 10.3 Å². The summed E-state index contributed by atoms with van der Waals surface area (Å²) in [6.45, 7) is 0.128. The van der Waals surface area contributed by atoms with Gasteiger partial charge in [-0.05, 0) is 42.0 Å². The first-order chi connectivity index (χ1) is 14.1. The molecule has 0 radical (unpaired) electrons. The minimum atomic E-state index is -0.430. The zero-order valence-corrected chi connectivity index (χ0v) is 15.6. The SMILES string of the molecule is COc1ccccc1NC(=O)c1ccc2c(c1)C(=O)N(Cc1cccnc1)C2=O. The van der Waals surface area contributed by atoms with Crippen molar-refractivity contribution in [3.8, 4) is 5.75 Å². The van der Waals surface area contributed by atoms with Crippen LogP contribution in [0.1, 0.15) is 36.6 Å². The maximum Gasteiger partial charge on any atom is 0.261 e. The highest BCUT2D eigenvalue weighted by Gasteiger charge is 2.36. The highest BCUT2D eigenvalue weighted by molar-refractivity contribution is 6.22. The maximum atomic E-state index is 12.8. The average molecular weight is 387 g/mol. The van der Waals surface area contributed by atoms with Gasteiger partial charge in [-0.3, -0.25) is 24.3 Å². The highest BCUT2D eigenvalue weighted by atomic mass is 16.5. The predicted octanol–water partition coefficient (Wildman–Crippen LogP) is 3.14. The standard InChI is InChI=1S/C22H17N3O4/c1-29-19-7-3-2-6-18(19)24-20(26)15-8-9-16-17(11-15)22(28)25(21(16)27)13-14-5-4-10-23-12-14/h2-12H,13H2,1H3,(H,24,26). The Balaban J connectivity index is 1.58. The number of nitrogens with zero attached hydrogens (tertiary/aromatic N) is 2. The molecule has 1 aliphatic rings. The Bertz CT molecular complexity index is 1110. The minimum absolute atomic E-state index is 0.128. The van der Waals surface area contributed by atoms with Crippen LogP contribution in [0.2, 0.25) is 0 Å². The van der Waals surface area contributed by atoms with Gasteiger partial charge < -0.3 is 10.1 Å². The third-order valence-electron chi connectivity index (χ3n) is 4.65. The Kier molecular flexibility index (Phi) is 4.78. The van der Waals surface area contributed by atoms with Gasteiger partial charge in [0.05, 0.1) is 30.5 Å². The van der Waals surface area contributed by atoms with Crippen LogP contribution in [0.25, 0.3) is 0 Å². The van der Waals surface area contributed by atoms with Gasteiger partial charge in [-0.25, -0.2) is 0 Å². The second-order valence-corrected chi connectivity index (χ2v) is 6.47. The first-order valence-corrected chi connectivity index (χ1v) is 8.92. The molecule has 7 heteroatoms. The number of pyridine rings is 1. The maximum absolute atomic E-state index is 12.8. The number of anilines is 1. The first kappa shape index (κ1) is 18.4. The van der Waals surface area contributed by atoms with E-state index in [1.165, 1.54) is 25.3 Å². The molecule has 144 valence electrons. The summed E-state index contributed by atoms with van der Waals surface area (Å²) in [5, 5.41) is 2.76. The zero-order chi connectivity index (χ0) is 20.4. The number of rotatable bonds is 5. The number of ether oxygens (including phenoxy) is 1. The van der Waals surface area contributed by atoms with Gasteiger partial charge in [-0.15, -0.1) is 0 Å². The van der Waals surface area contributed by atoms with Gasteiger partial charge in [-0.2, -0.15) is 0 Å². The summed E-state index contributed by atoms with van der Waals surface area (Å²) in [5.74, 6) is -0.689. The van der Waals surface area contributed by atoms with Gasteiger partial charge in [0.25, 0.3) is 17.7 Å². The Morgan fingerprint density at radius 1 is 1.03 bits per heavy atom. The lowest BCUT2D eigenvalue weighted by molar-refractivity contribution is 0.0642. The van der Waals surface area contributed by atoms with Crippen LogP contribution in [0.5, 0.6) is 5.75 Å². The predicted molar refractivity (Wildman–Crippen MR) is 106 cm³/mol. The van der Waals surface area contributed by atoms with Gasteiger partial charge in [0.2, 0.25) is 0 Å². The fourth-order valence-electron chi connectivity index (χ4n) is 3.19. The lowest BCUT2D eigenvalue weighted by Gasteiger charge is -2.13. The van der Waals surface area contributed by atoms with Crippen molar-refractivity contribution in [1.29, 1.82) is 0 Å². The summed E-state index contributed by atoms with van der Waals surface area (Å²) in [4.78, 5) is 43.2. The molecule has 0 saturated heterocycles. The number of methoxy groups -OCH3 is 1. The number of hydrogen-bond donors (Lipinski definition) is 1. The van der Waals surface area contributed by atoms with Crippen molar-refractivity contribution in [3.05, 3.63) is 89.2 Å². The Labute approximate surface area is 166 Å². The number of carbonyl (C=O) groups is 3. The highest BCUT2D eigenvalue weighted by Crippen LogP contribution is 2.27. The van der Waals surface area contributed by atoms with Crippen molar-refractivity contribution in [1.82, 2.24) is 9.88 Å². The lowest BCUT2D eigenvalue weighted by atomic mass is 10.1. The van der Waals surface area contributed by atoms with Gasteiger partial charge in [0.1, 0.15) is 5.75 Å². The Hall–Kier alpha value is -4.00. The summed E-state index contributed by atoms with van der Waals surface area (Å²) >= 11 is 0.